The van der Waals surface area contributed by atoms with Gasteiger partial charge in [0.05, 0.1) is 12.4 Å². The molecule has 0 aliphatic carbocycles. The zero-order chi connectivity index (χ0) is 19.3. The quantitative estimate of drug-likeness (QED) is 0.316. The highest BCUT2D eigenvalue weighted by Crippen LogP contribution is 2.27. The highest BCUT2D eigenvalue weighted by molar-refractivity contribution is 7.85. The van der Waals surface area contributed by atoms with E-state index in [0.717, 1.165) is 25.0 Å². The van der Waals surface area contributed by atoms with Crippen LogP contribution in [0, 0.1) is 0 Å². The molecular weight excluding hydrogens is 348 g/mol. The van der Waals surface area contributed by atoms with Crippen LogP contribution in [0.2, 0.25) is 0 Å². The maximum Gasteiger partial charge on any atom is 0.264 e. The maximum absolute atomic E-state index is 10.8. The van der Waals surface area contributed by atoms with Crippen molar-refractivity contribution in [3.8, 4) is 5.75 Å². The third-order valence-corrected chi connectivity index (χ3v) is 5.42. The first-order chi connectivity index (χ1) is 12.5. The van der Waals surface area contributed by atoms with E-state index in [1.165, 1.54) is 56.1 Å². The fourth-order valence-electron chi connectivity index (χ4n) is 3.16. The van der Waals surface area contributed by atoms with E-state index in [1.807, 2.05) is 12.1 Å². The van der Waals surface area contributed by atoms with Gasteiger partial charge in [-0.15, -0.1) is 0 Å². The van der Waals surface area contributed by atoms with Crippen LogP contribution in [0.25, 0.3) is 0 Å². The molecule has 0 aliphatic heterocycles. The molecule has 0 radical (unpaired) electrons. The molecule has 0 saturated heterocycles. The smallest absolute Gasteiger partial charge is 0.264 e. The van der Waals surface area contributed by atoms with Crippen molar-refractivity contribution in [3.63, 3.8) is 0 Å². The molecule has 0 unspecified atom stereocenters. The van der Waals surface area contributed by atoms with Crippen molar-refractivity contribution in [3.05, 3.63) is 29.3 Å². The SMILES string of the molecule is CCCCCCc1cccc(OCCCS(=O)(=O)O)c1CCCCCC. The van der Waals surface area contributed by atoms with Crippen molar-refractivity contribution in [1.29, 1.82) is 0 Å². The Morgan fingerprint density at radius 2 is 1.54 bits per heavy atom. The van der Waals surface area contributed by atoms with Gasteiger partial charge in [-0.2, -0.15) is 8.42 Å². The number of hydrogen-bond acceptors (Lipinski definition) is 3. The first kappa shape index (κ1) is 23.0. The fourth-order valence-corrected chi connectivity index (χ4v) is 3.64. The largest absolute Gasteiger partial charge is 0.493 e. The topological polar surface area (TPSA) is 63.6 Å². The highest BCUT2D eigenvalue weighted by Gasteiger charge is 2.11. The van der Waals surface area contributed by atoms with Crippen LogP contribution in [0.4, 0.5) is 0 Å². The van der Waals surface area contributed by atoms with Crippen LogP contribution in [0.15, 0.2) is 18.2 Å². The molecule has 0 aliphatic rings. The number of aryl methyl sites for hydroxylation is 1. The van der Waals surface area contributed by atoms with Crippen LogP contribution in [0.5, 0.6) is 5.75 Å². The number of benzene rings is 1. The molecule has 0 bridgehead atoms. The van der Waals surface area contributed by atoms with E-state index < -0.39 is 10.1 Å². The predicted molar refractivity (Wildman–Crippen MR) is 109 cm³/mol. The summed E-state index contributed by atoms with van der Waals surface area (Å²) in [7, 11) is -3.91. The molecule has 1 aromatic carbocycles. The van der Waals surface area contributed by atoms with Gasteiger partial charge in [0.25, 0.3) is 10.1 Å². The van der Waals surface area contributed by atoms with Gasteiger partial charge < -0.3 is 4.74 Å². The third-order valence-electron chi connectivity index (χ3n) is 4.61. The van der Waals surface area contributed by atoms with Crippen molar-refractivity contribution in [1.82, 2.24) is 0 Å². The van der Waals surface area contributed by atoms with E-state index in [1.54, 1.807) is 0 Å². The maximum atomic E-state index is 10.8. The number of hydrogen-bond donors (Lipinski definition) is 1. The molecule has 0 heterocycles. The zero-order valence-corrected chi connectivity index (χ0v) is 17.3. The summed E-state index contributed by atoms with van der Waals surface area (Å²) in [5.41, 5.74) is 2.65. The summed E-state index contributed by atoms with van der Waals surface area (Å²) >= 11 is 0. The Morgan fingerprint density at radius 3 is 2.15 bits per heavy atom. The first-order valence-corrected chi connectivity index (χ1v) is 11.8. The van der Waals surface area contributed by atoms with Crippen LogP contribution >= 0.6 is 0 Å². The Labute approximate surface area is 160 Å². The van der Waals surface area contributed by atoms with Crippen molar-refractivity contribution in [2.24, 2.45) is 0 Å². The Hall–Kier alpha value is -1.07. The minimum absolute atomic E-state index is 0.254. The molecule has 1 N–H and O–H groups in total. The van der Waals surface area contributed by atoms with E-state index in [2.05, 4.69) is 19.9 Å². The Kier molecular flexibility index (Phi) is 11.6. The summed E-state index contributed by atoms with van der Waals surface area (Å²) in [6.07, 6.45) is 12.2. The van der Waals surface area contributed by atoms with Gasteiger partial charge in [-0.05, 0) is 49.3 Å². The second-order valence-electron chi connectivity index (χ2n) is 7.00. The van der Waals surface area contributed by atoms with Crippen LogP contribution in [0.3, 0.4) is 0 Å². The molecule has 4 nitrogen and oxygen atoms in total. The van der Waals surface area contributed by atoms with Crippen LogP contribution in [-0.2, 0) is 23.0 Å². The van der Waals surface area contributed by atoms with E-state index in [4.69, 9.17) is 9.29 Å². The average Bonchev–Trinajstić information content (AvgIpc) is 2.60. The summed E-state index contributed by atoms with van der Waals surface area (Å²) in [6.45, 7) is 4.74. The predicted octanol–water partition coefficient (Wildman–Crippen LogP) is 5.59. The molecule has 0 fully saturated rings. The number of ether oxygens (including phenoxy) is 1. The molecule has 0 aromatic heterocycles. The molecule has 0 saturated carbocycles. The zero-order valence-electron chi connectivity index (χ0n) is 16.5. The lowest BCUT2D eigenvalue weighted by atomic mass is 9.96. The lowest BCUT2D eigenvalue weighted by molar-refractivity contribution is 0.312. The van der Waals surface area contributed by atoms with E-state index >= 15 is 0 Å². The minimum Gasteiger partial charge on any atom is -0.493 e. The normalized spacial score (nSPS) is 11.7. The molecule has 5 heteroatoms. The van der Waals surface area contributed by atoms with Gasteiger partial charge in [-0.1, -0.05) is 64.5 Å². The van der Waals surface area contributed by atoms with Gasteiger partial charge in [-0.3, -0.25) is 4.55 Å². The molecule has 150 valence electrons. The van der Waals surface area contributed by atoms with Gasteiger partial charge >= 0.3 is 0 Å². The Balaban J connectivity index is 2.71. The standard InChI is InChI=1S/C21H36O4S/c1-3-5-7-9-13-19-14-11-16-21(20(19)15-10-8-6-4-2)25-17-12-18-26(22,23)24/h11,14,16H,3-10,12-13,15,17-18H2,1-2H3,(H,22,23,24). The average molecular weight is 385 g/mol. The summed E-state index contributed by atoms with van der Waals surface area (Å²) < 4.78 is 36.4. The lowest BCUT2D eigenvalue weighted by Crippen LogP contribution is -2.10. The summed E-state index contributed by atoms with van der Waals surface area (Å²) in [5, 5.41) is 0. The first-order valence-electron chi connectivity index (χ1n) is 10.2. The van der Waals surface area contributed by atoms with Crippen LogP contribution in [0.1, 0.15) is 82.8 Å². The van der Waals surface area contributed by atoms with Crippen molar-refractivity contribution in [2.45, 2.75) is 84.5 Å². The van der Waals surface area contributed by atoms with Crippen LogP contribution < -0.4 is 4.74 Å². The summed E-state index contributed by atoms with van der Waals surface area (Å²) in [4.78, 5) is 0. The molecule has 0 atom stereocenters. The molecule has 26 heavy (non-hydrogen) atoms. The van der Waals surface area contributed by atoms with E-state index in [-0.39, 0.29) is 5.75 Å². The summed E-state index contributed by atoms with van der Waals surface area (Å²) in [6, 6.07) is 6.22. The monoisotopic (exact) mass is 384 g/mol. The fraction of sp³-hybridized carbons (Fsp3) is 0.714. The minimum atomic E-state index is -3.91. The van der Waals surface area contributed by atoms with Gasteiger partial charge in [-0.25, -0.2) is 0 Å². The number of unbranched alkanes of at least 4 members (excludes halogenated alkanes) is 6. The second-order valence-corrected chi connectivity index (χ2v) is 8.58. The van der Waals surface area contributed by atoms with Crippen LogP contribution in [-0.4, -0.2) is 25.3 Å². The van der Waals surface area contributed by atoms with Crippen molar-refractivity contribution in [2.75, 3.05) is 12.4 Å². The Bertz CT molecular complexity index is 596. The van der Waals surface area contributed by atoms with Gasteiger partial charge in [0.1, 0.15) is 5.75 Å². The third kappa shape index (κ3) is 10.2. The van der Waals surface area contributed by atoms with Gasteiger partial charge in [0.2, 0.25) is 0 Å². The molecular formula is C21H36O4S. The highest BCUT2D eigenvalue weighted by atomic mass is 32.2. The molecule has 1 rings (SSSR count). The van der Waals surface area contributed by atoms with Gasteiger partial charge in [0.15, 0.2) is 0 Å². The Morgan fingerprint density at radius 1 is 0.885 bits per heavy atom. The lowest BCUT2D eigenvalue weighted by Gasteiger charge is -2.16. The van der Waals surface area contributed by atoms with Gasteiger partial charge in [0, 0.05) is 0 Å². The van der Waals surface area contributed by atoms with E-state index in [0.29, 0.717) is 13.0 Å². The summed E-state index contributed by atoms with van der Waals surface area (Å²) in [5.74, 6) is 0.625. The molecule has 0 spiro atoms. The van der Waals surface area contributed by atoms with E-state index in [9.17, 15) is 8.42 Å². The number of rotatable bonds is 15. The van der Waals surface area contributed by atoms with Crippen molar-refractivity contribution < 1.29 is 17.7 Å². The molecule has 1 aromatic rings. The molecule has 0 amide bonds. The second kappa shape index (κ2) is 13.2. The van der Waals surface area contributed by atoms with Crippen molar-refractivity contribution >= 4 is 10.1 Å².